The van der Waals surface area contributed by atoms with Crippen molar-refractivity contribution in [3.63, 3.8) is 0 Å². The molecule has 1 aromatic heterocycles. The summed E-state index contributed by atoms with van der Waals surface area (Å²) in [5, 5.41) is 7.63. The summed E-state index contributed by atoms with van der Waals surface area (Å²) < 4.78 is 6.55. The molecule has 0 unspecified atom stereocenters. The van der Waals surface area contributed by atoms with E-state index in [9.17, 15) is 9.59 Å². The molecule has 1 fully saturated rings. The van der Waals surface area contributed by atoms with Crippen molar-refractivity contribution in [2.75, 3.05) is 23.4 Å². The van der Waals surface area contributed by atoms with Gasteiger partial charge in [0.15, 0.2) is 0 Å². The molecule has 2 aromatic carbocycles. The molecule has 2 amide bonds. The fourth-order valence-electron chi connectivity index (χ4n) is 2.82. The number of anilines is 2. The van der Waals surface area contributed by atoms with Crippen LogP contribution in [0, 0.1) is 0 Å². The third-order valence-electron chi connectivity index (χ3n) is 4.12. The average Bonchev–Trinajstić information content (AvgIpc) is 3.31. The van der Waals surface area contributed by atoms with E-state index in [1.165, 1.54) is 11.1 Å². The number of para-hydroxylation sites is 2. The normalized spacial score (nSPS) is 13.5. The van der Waals surface area contributed by atoms with Gasteiger partial charge < -0.3 is 10.1 Å². The van der Waals surface area contributed by atoms with Gasteiger partial charge in [0.05, 0.1) is 35.4 Å². The molecule has 4 rings (SSSR count). The number of nitrogens with one attached hydrogen (secondary N) is 1. The number of nitrogens with zero attached hydrogens (tertiary/aromatic N) is 3. The number of carbonyl (C=O) groups excluding carboxylic acids is 2. The summed E-state index contributed by atoms with van der Waals surface area (Å²) in [6.07, 6.45) is 2.67. The minimum absolute atomic E-state index is 0.327. The van der Waals surface area contributed by atoms with Gasteiger partial charge >= 0.3 is 6.09 Å². The highest BCUT2D eigenvalue weighted by Crippen LogP contribution is 2.28. The smallest absolute Gasteiger partial charge is 0.414 e. The Morgan fingerprint density at radius 2 is 2.04 bits per heavy atom. The van der Waals surface area contributed by atoms with Crippen LogP contribution in [0.2, 0.25) is 5.02 Å². The van der Waals surface area contributed by atoms with Crippen molar-refractivity contribution in [1.29, 1.82) is 0 Å². The Bertz CT molecular complexity index is 1020. The fourth-order valence-corrected chi connectivity index (χ4v) is 3.01. The zero-order valence-corrected chi connectivity index (χ0v) is 14.9. The molecule has 0 atom stereocenters. The largest absolute Gasteiger partial charge is 0.447 e. The molecular formula is C19H15ClN4O3. The summed E-state index contributed by atoms with van der Waals surface area (Å²) in [7, 11) is 0. The maximum atomic E-state index is 12.6. The molecule has 8 heteroatoms. The monoisotopic (exact) mass is 382 g/mol. The first-order valence-electron chi connectivity index (χ1n) is 8.27. The van der Waals surface area contributed by atoms with Gasteiger partial charge in [-0.25, -0.2) is 9.48 Å². The summed E-state index contributed by atoms with van der Waals surface area (Å²) in [5.41, 5.74) is 2.25. The van der Waals surface area contributed by atoms with Gasteiger partial charge in [0.1, 0.15) is 6.61 Å². The van der Waals surface area contributed by atoms with Crippen molar-refractivity contribution in [3.8, 4) is 5.69 Å². The van der Waals surface area contributed by atoms with E-state index in [1.807, 2.05) is 12.1 Å². The number of hydrogen-bond donors (Lipinski definition) is 1. The molecule has 0 aliphatic carbocycles. The van der Waals surface area contributed by atoms with Crippen LogP contribution in [-0.4, -0.2) is 34.9 Å². The summed E-state index contributed by atoms with van der Waals surface area (Å²) in [6.45, 7) is 0.770. The predicted molar refractivity (Wildman–Crippen MR) is 102 cm³/mol. The van der Waals surface area contributed by atoms with Gasteiger partial charge in [0.2, 0.25) is 0 Å². The van der Waals surface area contributed by atoms with Crippen LogP contribution in [0.5, 0.6) is 0 Å². The van der Waals surface area contributed by atoms with E-state index in [2.05, 4.69) is 10.4 Å². The van der Waals surface area contributed by atoms with E-state index in [0.717, 1.165) is 5.69 Å². The standard InChI is InChI=1S/C19H15ClN4O3/c20-14-4-3-5-15(10-14)24-12-13(11-21-24)18(25)22-16-6-1-2-7-17(16)23-8-9-27-19(23)26/h1-7,10-12H,8-9H2,(H,22,25). The molecule has 1 saturated heterocycles. The zero-order chi connectivity index (χ0) is 18.8. The van der Waals surface area contributed by atoms with Gasteiger partial charge in [-0.05, 0) is 30.3 Å². The third-order valence-corrected chi connectivity index (χ3v) is 4.36. The number of benzene rings is 2. The number of aromatic nitrogens is 2. The van der Waals surface area contributed by atoms with Crippen LogP contribution >= 0.6 is 11.6 Å². The Hall–Kier alpha value is -3.32. The molecule has 0 spiro atoms. The number of cyclic esters (lactones) is 1. The lowest BCUT2D eigenvalue weighted by atomic mass is 10.2. The maximum absolute atomic E-state index is 12.6. The quantitative estimate of drug-likeness (QED) is 0.745. The highest BCUT2D eigenvalue weighted by molar-refractivity contribution is 6.30. The van der Waals surface area contributed by atoms with E-state index >= 15 is 0 Å². The second-order valence-electron chi connectivity index (χ2n) is 5.89. The third kappa shape index (κ3) is 3.50. The molecule has 7 nitrogen and oxygen atoms in total. The number of hydrogen-bond acceptors (Lipinski definition) is 4. The van der Waals surface area contributed by atoms with Crippen LogP contribution in [0.4, 0.5) is 16.2 Å². The maximum Gasteiger partial charge on any atom is 0.414 e. The van der Waals surface area contributed by atoms with Crippen molar-refractivity contribution in [3.05, 3.63) is 71.5 Å². The molecule has 0 saturated carbocycles. The second-order valence-corrected chi connectivity index (χ2v) is 6.33. The van der Waals surface area contributed by atoms with Gasteiger partial charge in [-0.3, -0.25) is 9.69 Å². The molecule has 3 aromatic rings. The minimum atomic E-state index is -0.425. The molecule has 1 N–H and O–H groups in total. The first-order valence-corrected chi connectivity index (χ1v) is 8.65. The molecule has 27 heavy (non-hydrogen) atoms. The lowest BCUT2D eigenvalue weighted by Gasteiger charge is -2.17. The van der Waals surface area contributed by atoms with Gasteiger partial charge in [0, 0.05) is 11.2 Å². The number of rotatable bonds is 4. The summed E-state index contributed by atoms with van der Waals surface area (Å²) in [5.74, 6) is -0.330. The van der Waals surface area contributed by atoms with Crippen LogP contribution in [0.1, 0.15) is 10.4 Å². The molecule has 1 aliphatic heterocycles. The van der Waals surface area contributed by atoms with Gasteiger partial charge in [0.25, 0.3) is 5.91 Å². The van der Waals surface area contributed by atoms with E-state index in [1.54, 1.807) is 47.3 Å². The Morgan fingerprint density at radius 3 is 2.81 bits per heavy atom. The summed E-state index contributed by atoms with van der Waals surface area (Å²) in [6, 6.07) is 14.3. The van der Waals surface area contributed by atoms with Crippen LogP contribution in [0.25, 0.3) is 5.69 Å². The Morgan fingerprint density at radius 1 is 1.19 bits per heavy atom. The first-order chi connectivity index (χ1) is 13.1. The number of halogens is 1. The highest BCUT2D eigenvalue weighted by atomic mass is 35.5. The van der Waals surface area contributed by atoms with Crippen LogP contribution in [0.15, 0.2) is 60.9 Å². The number of amides is 2. The van der Waals surface area contributed by atoms with Gasteiger partial charge in [-0.15, -0.1) is 0 Å². The van der Waals surface area contributed by atoms with Crippen molar-refractivity contribution in [1.82, 2.24) is 9.78 Å². The Balaban J connectivity index is 1.56. The first kappa shape index (κ1) is 17.1. The van der Waals surface area contributed by atoms with E-state index in [0.29, 0.717) is 35.1 Å². The number of carbonyl (C=O) groups is 2. The van der Waals surface area contributed by atoms with Crippen molar-refractivity contribution in [2.45, 2.75) is 0 Å². The van der Waals surface area contributed by atoms with Gasteiger partial charge in [-0.2, -0.15) is 5.10 Å². The Labute approximate surface area is 160 Å². The topological polar surface area (TPSA) is 76.5 Å². The average molecular weight is 383 g/mol. The van der Waals surface area contributed by atoms with E-state index in [-0.39, 0.29) is 5.91 Å². The van der Waals surface area contributed by atoms with Crippen molar-refractivity contribution >= 4 is 35.0 Å². The molecule has 136 valence electrons. The van der Waals surface area contributed by atoms with Crippen molar-refractivity contribution < 1.29 is 14.3 Å². The molecular weight excluding hydrogens is 368 g/mol. The van der Waals surface area contributed by atoms with E-state index < -0.39 is 6.09 Å². The van der Waals surface area contributed by atoms with Crippen LogP contribution < -0.4 is 10.2 Å². The predicted octanol–water partition coefficient (Wildman–Crippen LogP) is 3.73. The highest BCUT2D eigenvalue weighted by Gasteiger charge is 2.26. The molecule has 2 heterocycles. The molecule has 0 bridgehead atoms. The zero-order valence-electron chi connectivity index (χ0n) is 14.1. The molecule has 1 aliphatic rings. The molecule has 0 radical (unpaired) electrons. The fraction of sp³-hybridized carbons (Fsp3) is 0.105. The lowest BCUT2D eigenvalue weighted by molar-refractivity contribution is 0.102. The second kappa shape index (κ2) is 7.13. The Kier molecular flexibility index (Phi) is 4.52. The summed E-state index contributed by atoms with van der Waals surface area (Å²) >= 11 is 6.00. The van der Waals surface area contributed by atoms with Crippen LogP contribution in [-0.2, 0) is 4.74 Å². The summed E-state index contributed by atoms with van der Waals surface area (Å²) in [4.78, 5) is 26.0. The van der Waals surface area contributed by atoms with Gasteiger partial charge in [-0.1, -0.05) is 29.8 Å². The SMILES string of the molecule is O=C(Nc1ccccc1N1CCOC1=O)c1cnn(-c2cccc(Cl)c2)c1. The van der Waals surface area contributed by atoms with Crippen LogP contribution in [0.3, 0.4) is 0 Å². The lowest BCUT2D eigenvalue weighted by Crippen LogP contribution is -2.25. The number of ether oxygens (including phenoxy) is 1. The van der Waals surface area contributed by atoms with E-state index in [4.69, 9.17) is 16.3 Å². The minimum Gasteiger partial charge on any atom is -0.447 e. The van der Waals surface area contributed by atoms with Crippen molar-refractivity contribution in [2.24, 2.45) is 0 Å².